The van der Waals surface area contributed by atoms with Crippen molar-refractivity contribution in [2.75, 3.05) is 51.9 Å². The molecule has 2 aromatic carbocycles. The van der Waals surface area contributed by atoms with Crippen LogP contribution in [0.1, 0.15) is 69.6 Å². The van der Waals surface area contributed by atoms with Crippen LogP contribution < -0.4 is 37.2 Å². The number of aromatic carboxylic acids is 1. The molecule has 0 spiro atoms. The molecule has 2 aromatic heterocycles. The van der Waals surface area contributed by atoms with E-state index < -0.39 is 20.2 Å². The zero-order valence-electron chi connectivity index (χ0n) is 29.5. The highest BCUT2D eigenvalue weighted by atomic mass is 16.5. The van der Waals surface area contributed by atoms with E-state index in [4.69, 9.17) is 36.1 Å². The molecule has 53 heavy (non-hydrogen) atoms. The van der Waals surface area contributed by atoms with Crippen LogP contribution in [-0.4, -0.2) is 117 Å². The summed E-state index contributed by atoms with van der Waals surface area (Å²) in [6.45, 7) is 3.39. The monoisotopic (exact) mass is 730 g/mol. The van der Waals surface area contributed by atoms with E-state index in [-0.39, 0.29) is 39.8 Å². The molecule has 4 heterocycles. The summed E-state index contributed by atoms with van der Waals surface area (Å²) in [6.07, 6.45) is 3.90. The second-order valence-electron chi connectivity index (χ2n) is 12.3. The second-order valence-corrected chi connectivity index (χ2v) is 12.3. The number of methoxy groups -OCH3 is 2. The smallest absolute Gasteiger partial charge is 0.492 e. The Morgan fingerprint density at radius 3 is 1.57 bits per heavy atom. The summed E-state index contributed by atoms with van der Waals surface area (Å²) in [5.74, 6) is 0.927. The average molecular weight is 730 g/mol. The number of piperidine rings is 2. The van der Waals surface area contributed by atoms with E-state index in [2.05, 4.69) is 25.7 Å². The maximum atomic E-state index is 12.7. The lowest BCUT2D eigenvalue weighted by Gasteiger charge is -2.31. The molecule has 2 fully saturated rings. The summed E-state index contributed by atoms with van der Waals surface area (Å²) in [4.78, 5) is 25.1. The van der Waals surface area contributed by atoms with Gasteiger partial charge in [0.2, 0.25) is 0 Å². The molecule has 2 saturated heterocycles. The number of aromatic nitrogens is 4. The van der Waals surface area contributed by atoms with Gasteiger partial charge >= 0.3 is 20.2 Å². The first-order valence-electron chi connectivity index (χ1n) is 16.9. The van der Waals surface area contributed by atoms with Gasteiger partial charge in [-0.1, -0.05) is 12.1 Å². The first-order chi connectivity index (χ1) is 25.4. The third-order valence-electron chi connectivity index (χ3n) is 8.89. The highest BCUT2D eigenvalue weighted by molar-refractivity contribution is 6.60. The number of nitrogen functional groups attached to an aromatic ring is 2. The lowest BCUT2D eigenvalue weighted by atomic mass is 9.79. The van der Waals surface area contributed by atoms with Gasteiger partial charge < -0.3 is 56.4 Å². The van der Waals surface area contributed by atoms with Crippen LogP contribution in [0.3, 0.4) is 0 Å². The van der Waals surface area contributed by atoms with Crippen molar-refractivity contribution in [2.24, 2.45) is 0 Å². The molecule has 10 N–H and O–H groups in total. The van der Waals surface area contributed by atoms with E-state index in [1.54, 1.807) is 17.0 Å². The largest absolute Gasteiger partial charge is 0.497 e. The number of nitrogens with zero attached hydrogens (tertiary/aromatic N) is 5. The summed E-state index contributed by atoms with van der Waals surface area (Å²) in [6, 6.07) is 15.9. The summed E-state index contributed by atoms with van der Waals surface area (Å²) < 4.78 is 9.97. The molecule has 0 saturated carbocycles. The molecule has 17 nitrogen and oxygen atoms in total. The van der Waals surface area contributed by atoms with Crippen LogP contribution in [-0.2, 0) is 0 Å². The number of nitrogens with two attached hydrogens (primary N) is 2. The minimum atomic E-state index is -1.67. The predicted octanol–water partition coefficient (Wildman–Crippen LogP) is -0.634. The fourth-order valence-corrected chi connectivity index (χ4v) is 5.93. The van der Waals surface area contributed by atoms with Crippen molar-refractivity contribution < 1.29 is 44.3 Å². The Labute approximate surface area is 307 Å². The van der Waals surface area contributed by atoms with Crippen LogP contribution in [0.2, 0.25) is 0 Å². The molecule has 2 aliphatic heterocycles. The number of hydrogen-bond donors (Lipinski definition) is 8. The standard InChI is InChI=1S/C17H21BN4O4.C9H14N4.C8H9BO5/c1-26-15-10-12(2-3-13(15)18(24)25)17(23)22-8-6-11(7-9-22)14-4-5-16(19)21-20-14;10-9-2-1-8(12-13-9)7-3-5-11-6-4-7;1-14-7-4-5(8(10)11)2-3-6(7)9(12)13/h2-5,10-11,24-25H,6-9H2,1H3,(H2,19,21);1-2,7,11H,3-6H2,(H2,10,13);2-4,12-13H,1H3,(H,10,11). The van der Waals surface area contributed by atoms with Crippen molar-refractivity contribution in [1.29, 1.82) is 0 Å². The zero-order valence-corrected chi connectivity index (χ0v) is 29.5. The van der Waals surface area contributed by atoms with Crippen LogP contribution in [0.25, 0.3) is 0 Å². The predicted molar refractivity (Wildman–Crippen MR) is 198 cm³/mol. The minimum Gasteiger partial charge on any atom is -0.497 e. The maximum Gasteiger partial charge on any atom is 0.492 e. The molecule has 0 atom stereocenters. The van der Waals surface area contributed by atoms with Gasteiger partial charge in [0.05, 0.1) is 31.2 Å². The summed E-state index contributed by atoms with van der Waals surface area (Å²) >= 11 is 0. The fourth-order valence-electron chi connectivity index (χ4n) is 5.93. The number of benzene rings is 2. The summed E-state index contributed by atoms with van der Waals surface area (Å²) in [5.41, 5.74) is 13.9. The number of nitrogens with one attached hydrogen (secondary N) is 1. The molecule has 1 amide bonds. The molecule has 19 heteroatoms. The van der Waals surface area contributed by atoms with Gasteiger partial charge in [-0.3, -0.25) is 4.79 Å². The number of rotatable bonds is 8. The van der Waals surface area contributed by atoms with E-state index in [1.165, 1.54) is 44.6 Å². The molecule has 6 rings (SSSR count). The highest BCUT2D eigenvalue weighted by Gasteiger charge is 2.27. The number of carbonyl (C=O) groups is 2. The summed E-state index contributed by atoms with van der Waals surface area (Å²) in [5, 5.41) is 64.4. The van der Waals surface area contributed by atoms with Crippen molar-refractivity contribution in [3.05, 3.63) is 83.2 Å². The molecule has 4 aromatic rings. The van der Waals surface area contributed by atoms with Crippen LogP contribution in [0, 0.1) is 0 Å². The van der Waals surface area contributed by atoms with Gasteiger partial charge in [0, 0.05) is 41.4 Å². The first-order valence-corrected chi connectivity index (χ1v) is 16.9. The molecular weight excluding hydrogens is 686 g/mol. The normalized spacial score (nSPS) is 14.5. The zero-order chi connectivity index (χ0) is 38.5. The Bertz CT molecular complexity index is 1790. The number of hydrogen-bond acceptors (Lipinski definition) is 15. The van der Waals surface area contributed by atoms with E-state index in [0.29, 0.717) is 36.2 Å². The molecule has 0 radical (unpaired) electrons. The third-order valence-corrected chi connectivity index (χ3v) is 8.89. The van der Waals surface area contributed by atoms with Crippen LogP contribution in [0.5, 0.6) is 11.5 Å². The summed E-state index contributed by atoms with van der Waals surface area (Å²) in [7, 11) is -0.569. The second kappa shape index (κ2) is 19.5. The molecular formula is C34H44B2N8O9. The number of carboxylic acid groups (broad SMARTS) is 1. The van der Waals surface area contributed by atoms with Crippen molar-refractivity contribution in [3.63, 3.8) is 0 Å². The Morgan fingerprint density at radius 1 is 0.698 bits per heavy atom. The Morgan fingerprint density at radius 2 is 1.15 bits per heavy atom. The third kappa shape index (κ3) is 11.3. The Kier molecular flexibility index (Phi) is 14.9. The number of ether oxygens (including phenoxy) is 2. The van der Waals surface area contributed by atoms with E-state index in [1.807, 2.05) is 18.2 Å². The van der Waals surface area contributed by atoms with Crippen LogP contribution in [0.15, 0.2) is 60.7 Å². The fraction of sp³-hybridized carbons (Fsp3) is 0.353. The molecule has 0 unspecified atom stereocenters. The average Bonchev–Trinajstić information content (AvgIpc) is 3.18. The highest BCUT2D eigenvalue weighted by Crippen LogP contribution is 2.28. The van der Waals surface area contributed by atoms with Crippen molar-refractivity contribution in [3.8, 4) is 11.5 Å². The number of carboxylic acids is 1. The molecule has 280 valence electrons. The quantitative estimate of drug-likeness (QED) is 0.105. The topological polar surface area (TPSA) is 273 Å². The van der Waals surface area contributed by atoms with Gasteiger partial charge in [0.25, 0.3) is 5.91 Å². The van der Waals surface area contributed by atoms with Gasteiger partial charge in [0.1, 0.15) is 23.1 Å². The molecule has 0 bridgehead atoms. The number of carbonyl (C=O) groups excluding carboxylic acids is 1. The van der Waals surface area contributed by atoms with Crippen molar-refractivity contribution in [1.82, 2.24) is 30.6 Å². The maximum absolute atomic E-state index is 12.7. The van der Waals surface area contributed by atoms with Crippen molar-refractivity contribution >= 4 is 48.7 Å². The van der Waals surface area contributed by atoms with Crippen LogP contribution in [0.4, 0.5) is 11.6 Å². The Hall–Kier alpha value is -5.33. The lowest BCUT2D eigenvalue weighted by molar-refractivity contribution is 0.0692. The van der Waals surface area contributed by atoms with Crippen LogP contribution >= 0.6 is 0 Å². The van der Waals surface area contributed by atoms with Gasteiger partial charge in [-0.15, -0.1) is 10.2 Å². The van der Waals surface area contributed by atoms with Gasteiger partial charge in [-0.2, -0.15) is 10.2 Å². The molecule has 2 aliphatic rings. The minimum absolute atomic E-state index is 0.0336. The van der Waals surface area contributed by atoms with E-state index >= 15 is 0 Å². The number of likely N-dealkylation sites (tertiary alicyclic amines) is 1. The van der Waals surface area contributed by atoms with Gasteiger partial charge in [-0.25, -0.2) is 4.79 Å². The SMILES string of the molecule is COc1cc(C(=O)N2CCC(c3ccc(N)nn3)CC2)ccc1B(O)O.COc1cc(C(=O)O)ccc1B(O)O.Nc1ccc(C2CCNCC2)nn1. The first kappa shape index (κ1) is 40.4. The van der Waals surface area contributed by atoms with E-state index in [9.17, 15) is 19.6 Å². The van der Waals surface area contributed by atoms with Gasteiger partial charge in [-0.05, 0) is 87.3 Å². The number of anilines is 2. The van der Waals surface area contributed by atoms with Crippen molar-refractivity contribution in [2.45, 2.75) is 37.5 Å². The number of amides is 1. The Balaban J connectivity index is 0.000000196. The molecule has 0 aliphatic carbocycles. The lowest BCUT2D eigenvalue weighted by Crippen LogP contribution is -2.38. The van der Waals surface area contributed by atoms with Gasteiger partial charge in [0.15, 0.2) is 0 Å². The van der Waals surface area contributed by atoms with E-state index in [0.717, 1.165) is 50.2 Å².